The number of anilines is 1. The number of likely N-dealkylation sites (tertiary alicyclic amines) is 1. The smallest absolute Gasteiger partial charge is 0.206 e. The largest absolute Gasteiger partial charge is 0.340 e. The third-order valence-corrected chi connectivity index (χ3v) is 10.2. The molecular formula is C36H45N5. The summed E-state index contributed by atoms with van der Waals surface area (Å²) in [7, 11) is 0. The van der Waals surface area contributed by atoms with Crippen LogP contribution in [0.15, 0.2) is 84.9 Å². The van der Waals surface area contributed by atoms with Crippen LogP contribution in [0, 0.1) is 0 Å². The van der Waals surface area contributed by atoms with Gasteiger partial charge < -0.3 is 9.47 Å². The Kier molecular flexibility index (Phi) is 7.82. The van der Waals surface area contributed by atoms with E-state index in [0.717, 1.165) is 51.3 Å². The molecule has 3 heterocycles. The molecule has 3 aliphatic rings. The number of rotatable bonds is 6. The number of imidazole rings is 1. The van der Waals surface area contributed by atoms with E-state index in [9.17, 15) is 0 Å². The summed E-state index contributed by atoms with van der Waals surface area (Å²) < 4.78 is 2.63. The molecule has 41 heavy (non-hydrogen) atoms. The van der Waals surface area contributed by atoms with Gasteiger partial charge in [-0.15, -0.1) is 0 Å². The topological polar surface area (TPSA) is 27.5 Å². The van der Waals surface area contributed by atoms with Crippen LogP contribution < -0.4 is 4.90 Å². The molecule has 3 fully saturated rings. The van der Waals surface area contributed by atoms with Crippen LogP contribution in [-0.4, -0.2) is 58.6 Å². The summed E-state index contributed by atoms with van der Waals surface area (Å²) in [5.41, 5.74) is 5.60. The molecule has 5 heteroatoms. The standard InChI is InChI=1S/C36H45N5/c1-2-12-22-36(21-11-1,31-15-7-4-8-16-31)40-23-19-32(20-24-40)41-34-18-10-9-17-33(34)37-35(41)39-27-25-38(26-28-39)29-30-13-5-3-6-14-30/h3-10,13-18,32H,1-2,11-12,19-29H2. The SMILES string of the molecule is c1ccc(CN2CCN(c3nc4ccccc4n3C3CCN(C4(c5ccccc5)CCCCCC4)CC3)CC2)cc1. The average molecular weight is 548 g/mol. The van der Waals surface area contributed by atoms with Gasteiger partial charge in [0.05, 0.1) is 11.0 Å². The number of nitrogens with zero attached hydrogens (tertiary/aromatic N) is 5. The maximum Gasteiger partial charge on any atom is 0.206 e. The zero-order valence-electron chi connectivity index (χ0n) is 24.5. The van der Waals surface area contributed by atoms with Crippen LogP contribution in [0.25, 0.3) is 11.0 Å². The van der Waals surface area contributed by atoms with Crippen LogP contribution in [0.1, 0.15) is 68.5 Å². The molecule has 1 aliphatic carbocycles. The van der Waals surface area contributed by atoms with Crippen LogP contribution in [0.5, 0.6) is 0 Å². The number of piperazine rings is 1. The molecule has 2 aliphatic heterocycles. The van der Waals surface area contributed by atoms with E-state index >= 15 is 0 Å². The fourth-order valence-corrected chi connectivity index (χ4v) is 7.96. The van der Waals surface area contributed by atoms with E-state index in [1.807, 2.05) is 0 Å². The van der Waals surface area contributed by atoms with Crippen molar-refractivity contribution in [3.8, 4) is 0 Å². The number of aromatic nitrogens is 2. The van der Waals surface area contributed by atoms with Gasteiger partial charge in [-0.1, -0.05) is 98.5 Å². The van der Waals surface area contributed by atoms with Crippen molar-refractivity contribution in [3.63, 3.8) is 0 Å². The van der Waals surface area contributed by atoms with Crippen LogP contribution in [0.4, 0.5) is 5.95 Å². The minimum Gasteiger partial charge on any atom is -0.340 e. The van der Waals surface area contributed by atoms with E-state index in [2.05, 4.69) is 104 Å². The Labute approximate surface area is 245 Å². The molecule has 0 bridgehead atoms. The molecule has 1 aromatic heterocycles. The van der Waals surface area contributed by atoms with E-state index in [1.54, 1.807) is 5.56 Å². The Morgan fingerprint density at radius 3 is 2.00 bits per heavy atom. The van der Waals surface area contributed by atoms with Crippen molar-refractivity contribution >= 4 is 17.0 Å². The highest BCUT2D eigenvalue weighted by Crippen LogP contribution is 2.44. The number of benzene rings is 3. The summed E-state index contributed by atoms with van der Waals surface area (Å²) >= 11 is 0. The fourth-order valence-electron chi connectivity index (χ4n) is 7.96. The molecule has 0 amide bonds. The van der Waals surface area contributed by atoms with Crippen molar-refractivity contribution in [2.24, 2.45) is 0 Å². The molecule has 0 unspecified atom stereocenters. The maximum atomic E-state index is 5.26. The Bertz CT molecular complexity index is 1390. The second kappa shape index (κ2) is 12.0. The molecule has 0 radical (unpaired) electrons. The Morgan fingerprint density at radius 2 is 1.29 bits per heavy atom. The highest BCUT2D eigenvalue weighted by atomic mass is 15.4. The van der Waals surface area contributed by atoms with Crippen molar-refractivity contribution in [1.82, 2.24) is 19.4 Å². The van der Waals surface area contributed by atoms with E-state index in [4.69, 9.17) is 4.98 Å². The van der Waals surface area contributed by atoms with Gasteiger partial charge in [-0.2, -0.15) is 0 Å². The first-order chi connectivity index (χ1) is 20.3. The Hall–Kier alpha value is -3.15. The summed E-state index contributed by atoms with van der Waals surface area (Å²) in [5.74, 6) is 1.19. The first kappa shape index (κ1) is 26.7. The number of hydrogen-bond acceptors (Lipinski definition) is 4. The van der Waals surface area contributed by atoms with Crippen LogP contribution in [0.2, 0.25) is 0 Å². The number of para-hydroxylation sites is 2. The Balaban J connectivity index is 1.10. The molecule has 4 aromatic rings. The number of piperidine rings is 1. The van der Waals surface area contributed by atoms with Gasteiger partial charge in [-0.3, -0.25) is 9.80 Å². The minimum atomic E-state index is 0.206. The lowest BCUT2D eigenvalue weighted by Gasteiger charge is -2.48. The first-order valence-electron chi connectivity index (χ1n) is 16.1. The van der Waals surface area contributed by atoms with Gasteiger partial charge in [-0.05, 0) is 48.9 Å². The second-order valence-electron chi connectivity index (χ2n) is 12.5. The quantitative estimate of drug-likeness (QED) is 0.238. The molecule has 7 rings (SSSR count). The van der Waals surface area contributed by atoms with E-state index < -0.39 is 0 Å². The summed E-state index contributed by atoms with van der Waals surface area (Å²) in [6.45, 7) is 7.59. The Morgan fingerprint density at radius 1 is 0.659 bits per heavy atom. The lowest BCUT2D eigenvalue weighted by atomic mass is 9.79. The molecule has 0 atom stereocenters. The monoisotopic (exact) mass is 547 g/mol. The van der Waals surface area contributed by atoms with Gasteiger partial charge in [0.15, 0.2) is 0 Å². The third-order valence-electron chi connectivity index (χ3n) is 10.2. The molecule has 2 saturated heterocycles. The zero-order valence-corrected chi connectivity index (χ0v) is 24.5. The van der Waals surface area contributed by atoms with E-state index in [0.29, 0.717) is 6.04 Å². The van der Waals surface area contributed by atoms with Crippen LogP contribution in [-0.2, 0) is 12.1 Å². The predicted molar refractivity (Wildman–Crippen MR) is 169 cm³/mol. The average Bonchev–Trinajstić information content (AvgIpc) is 3.24. The van der Waals surface area contributed by atoms with Gasteiger partial charge in [0, 0.05) is 57.4 Å². The fraction of sp³-hybridized carbons (Fsp3) is 0.472. The molecule has 0 spiro atoms. The lowest BCUT2D eigenvalue weighted by molar-refractivity contribution is 0.0360. The summed E-state index contributed by atoms with van der Waals surface area (Å²) in [4.78, 5) is 13.3. The normalized spacial score (nSPS) is 21.2. The van der Waals surface area contributed by atoms with Gasteiger partial charge in [0.25, 0.3) is 0 Å². The van der Waals surface area contributed by atoms with Crippen molar-refractivity contribution in [2.45, 2.75) is 69.5 Å². The summed E-state index contributed by atoms with van der Waals surface area (Å²) in [6.07, 6.45) is 10.4. The van der Waals surface area contributed by atoms with Gasteiger partial charge in [-0.25, -0.2) is 4.98 Å². The van der Waals surface area contributed by atoms with Crippen molar-refractivity contribution in [2.75, 3.05) is 44.2 Å². The van der Waals surface area contributed by atoms with E-state index in [1.165, 1.54) is 68.4 Å². The molecule has 214 valence electrons. The summed E-state index contributed by atoms with van der Waals surface area (Å²) in [5, 5.41) is 0. The predicted octanol–water partition coefficient (Wildman–Crippen LogP) is 7.25. The zero-order chi connectivity index (χ0) is 27.5. The van der Waals surface area contributed by atoms with Crippen molar-refractivity contribution < 1.29 is 0 Å². The third kappa shape index (κ3) is 5.42. The van der Waals surface area contributed by atoms with Crippen molar-refractivity contribution in [1.29, 1.82) is 0 Å². The lowest BCUT2D eigenvalue weighted by Crippen LogP contribution is -2.50. The number of fused-ring (bicyclic) bond motifs is 1. The molecular weight excluding hydrogens is 502 g/mol. The minimum absolute atomic E-state index is 0.206. The van der Waals surface area contributed by atoms with E-state index in [-0.39, 0.29) is 5.54 Å². The highest BCUT2D eigenvalue weighted by Gasteiger charge is 2.41. The molecule has 5 nitrogen and oxygen atoms in total. The van der Waals surface area contributed by atoms with Gasteiger partial charge >= 0.3 is 0 Å². The second-order valence-corrected chi connectivity index (χ2v) is 12.5. The van der Waals surface area contributed by atoms with Gasteiger partial charge in [0.2, 0.25) is 5.95 Å². The van der Waals surface area contributed by atoms with Crippen LogP contribution in [0.3, 0.4) is 0 Å². The van der Waals surface area contributed by atoms with Crippen LogP contribution >= 0.6 is 0 Å². The highest BCUT2D eigenvalue weighted by molar-refractivity contribution is 5.79. The van der Waals surface area contributed by atoms with Gasteiger partial charge in [0.1, 0.15) is 0 Å². The van der Waals surface area contributed by atoms with Crippen molar-refractivity contribution in [3.05, 3.63) is 96.1 Å². The molecule has 0 N–H and O–H groups in total. The number of hydrogen-bond donors (Lipinski definition) is 0. The maximum absolute atomic E-state index is 5.26. The first-order valence-corrected chi connectivity index (χ1v) is 16.1. The summed E-state index contributed by atoms with van der Waals surface area (Å²) in [6, 6.07) is 31.7. The molecule has 3 aromatic carbocycles. The molecule has 1 saturated carbocycles.